The zero-order valence-corrected chi connectivity index (χ0v) is 23.6. The molecule has 0 unspecified atom stereocenters. The maximum absolute atomic E-state index is 13.9. The number of halogens is 1. The lowest BCUT2D eigenvalue weighted by Gasteiger charge is -2.39. The fraction of sp³-hybridized carbons (Fsp3) is 0.484. The van der Waals surface area contributed by atoms with E-state index in [1.54, 1.807) is 47.6 Å². The summed E-state index contributed by atoms with van der Waals surface area (Å²) in [6, 6.07) is 9.35. The Hall–Kier alpha value is -3.03. The second kappa shape index (κ2) is 11.8. The second-order valence-corrected chi connectivity index (χ2v) is 11.4. The highest BCUT2D eigenvalue weighted by Crippen LogP contribution is 2.33. The zero-order chi connectivity index (χ0) is 28.3. The number of benzene rings is 2. The van der Waals surface area contributed by atoms with Gasteiger partial charge in [0.1, 0.15) is 5.82 Å². The molecule has 1 fully saturated rings. The summed E-state index contributed by atoms with van der Waals surface area (Å²) in [5.41, 5.74) is 5.10. The van der Waals surface area contributed by atoms with Crippen LogP contribution in [0.2, 0.25) is 0 Å². The number of aryl methyl sites for hydroxylation is 3. The van der Waals surface area contributed by atoms with Gasteiger partial charge in [0.05, 0.1) is 24.0 Å². The third kappa shape index (κ3) is 7.98. The molecule has 0 amide bonds. The smallest absolute Gasteiger partial charge is 0.314 e. The van der Waals surface area contributed by atoms with Crippen molar-refractivity contribution in [1.29, 1.82) is 0 Å². The molecular weight excluding hydrogens is 487 g/mol. The van der Waals surface area contributed by atoms with Gasteiger partial charge in [-0.15, -0.1) is 0 Å². The average Bonchev–Trinajstić information content (AvgIpc) is 2.78. The van der Waals surface area contributed by atoms with Gasteiger partial charge in [-0.2, -0.15) is 0 Å². The average molecular weight is 527 g/mol. The molecule has 1 heterocycles. The first-order valence-corrected chi connectivity index (χ1v) is 12.9. The molecule has 1 saturated heterocycles. The van der Waals surface area contributed by atoms with Gasteiger partial charge in [-0.25, -0.2) is 4.39 Å². The van der Waals surface area contributed by atoms with E-state index < -0.39 is 36.0 Å². The first-order chi connectivity index (χ1) is 17.6. The number of ether oxygens (including phenoxy) is 4. The van der Waals surface area contributed by atoms with Crippen LogP contribution in [-0.4, -0.2) is 36.7 Å². The van der Waals surface area contributed by atoms with Crippen LogP contribution in [0.1, 0.15) is 69.7 Å². The molecule has 0 spiro atoms. The summed E-state index contributed by atoms with van der Waals surface area (Å²) in [6.07, 6.45) is 3.72. The van der Waals surface area contributed by atoms with Crippen LogP contribution in [0.15, 0.2) is 36.4 Å². The molecule has 206 valence electrons. The predicted octanol–water partition coefficient (Wildman–Crippen LogP) is 6.82. The van der Waals surface area contributed by atoms with Crippen LogP contribution in [0.25, 0.3) is 17.2 Å². The van der Waals surface area contributed by atoms with Crippen molar-refractivity contribution in [2.75, 3.05) is 6.79 Å². The van der Waals surface area contributed by atoms with Crippen LogP contribution in [0.4, 0.5) is 4.39 Å². The summed E-state index contributed by atoms with van der Waals surface area (Å²) < 4.78 is 36.1. The molecular formula is C31H39FO6. The van der Waals surface area contributed by atoms with E-state index in [1.165, 1.54) is 6.07 Å². The molecule has 1 aliphatic heterocycles. The van der Waals surface area contributed by atoms with Crippen LogP contribution in [0, 0.1) is 32.0 Å². The minimum atomic E-state index is -0.907. The van der Waals surface area contributed by atoms with E-state index in [-0.39, 0.29) is 18.3 Å². The van der Waals surface area contributed by atoms with Crippen LogP contribution >= 0.6 is 0 Å². The van der Waals surface area contributed by atoms with Crippen molar-refractivity contribution in [2.24, 2.45) is 5.41 Å². The van der Waals surface area contributed by atoms with Crippen LogP contribution in [-0.2, 0) is 28.5 Å². The van der Waals surface area contributed by atoms with E-state index in [2.05, 4.69) is 12.1 Å². The highest BCUT2D eigenvalue weighted by atomic mass is 19.1. The number of rotatable bonds is 7. The van der Waals surface area contributed by atoms with Crippen LogP contribution in [0.5, 0.6) is 0 Å². The largest absolute Gasteiger partial charge is 0.428 e. The third-order valence-electron chi connectivity index (χ3n) is 6.28. The lowest BCUT2D eigenvalue weighted by molar-refractivity contribution is -0.290. The Morgan fingerprint density at radius 1 is 1.05 bits per heavy atom. The lowest BCUT2D eigenvalue weighted by atomic mass is 9.92. The quantitative estimate of drug-likeness (QED) is 0.291. The fourth-order valence-corrected chi connectivity index (χ4v) is 4.46. The van der Waals surface area contributed by atoms with Crippen molar-refractivity contribution in [3.05, 3.63) is 64.5 Å². The summed E-state index contributed by atoms with van der Waals surface area (Å²) >= 11 is 0. The molecule has 0 aliphatic carbocycles. The normalized spacial score (nSPS) is 19.4. The Morgan fingerprint density at radius 2 is 1.76 bits per heavy atom. The van der Waals surface area contributed by atoms with Gasteiger partial charge in [0.2, 0.25) is 6.79 Å². The highest BCUT2D eigenvalue weighted by Gasteiger charge is 2.36. The molecule has 1 aliphatic rings. The Kier molecular flexibility index (Phi) is 9.16. The number of esters is 2. The molecule has 0 N–H and O–H groups in total. The Labute approximate surface area is 225 Å². The molecule has 7 heteroatoms. The van der Waals surface area contributed by atoms with Crippen LogP contribution < -0.4 is 0 Å². The van der Waals surface area contributed by atoms with Crippen molar-refractivity contribution in [3.8, 4) is 11.1 Å². The summed E-state index contributed by atoms with van der Waals surface area (Å²) in [4.78, 5) is 24.3. The predicted molar refractivity (Wildman–Crippen MR) is 145 cm³/mol. The topological polar surface area (TPSA) is 71.1 Å². The maximum atomic E-state index is 13.9. The summed E-state index contributed by atoms with van der Waals surface area (Å²) in [7, 11) is 0. The molecule has 0 aromatic heterocycles. The Morgan fingerprint density at radius 3 is 2.42 bits per heavy atom. The second-order valence-electron chi connectivity index (χ2n) is 11.4. The maximum Gasteiger partial charge on any atom is 0.314 e. The minimum Gasteiger partial charge on any atom is -0.428 e. The van der Waals surface area contributed by atoms with Crippen molar-refractivity contribution < 1.29 is 32.9 Å². The monoisotopic (exact) mass is 526 g/mol. The van der Waals surface area contributed by atoms with E-state index in [0.29, 0.717) is 12.0 Å². The number of carbonyl (C=O) groups is 2. The molecule has 0 radical (unpaired) electrons. The Bertz CT molecular complexity index is 1210. The van der Waals surface area contributed by atoms with Gasteiger partial charge >= 0.3 is 11.9 Å². The SMILES string of the molecule is Cc1cc(C)c(C=C[C@@H]2C[C@H](CC(=O)OCOC(=O)C(C)(C)C)OC(C)(C)O2)c(-c2ccc(F)c(C)c2)c1. The van der Waals surface area contributed by atoms with E-state index in [0.717, 1.165) is 27.8 Å². The van der Waals surface area contributed by atoms with Crippen molar-refractivity contribution in [3.63, 3.8) is 0 Å². The molecule has 3 rings (SSSR count). The minimum absolute atomic E-state index is 0.00780. The molecule has 0 bridgehead atoms. The molecule has 2 aromatic rings. The third-order valence-corrected chi connectivity index (χ3v) is 6.28. The van der Waals surface area contributed by atoms with E-state index in [9.17, 15) is 14.0 Å². The fourth-order valence-electron chi connectivity index (χ4n) is 4.46. The standard InChI is InChI=1S/C31H39FO6/c1-19-13-20(2)25(26(14-19)22-9-12-27(32)21(3)15-22)11-10-23-16-24(38-31(7,8)37-23)17-28(33)35-18-36-29(34)30(4,5)6/h9-15,23-24H,16-18H2,1-8H3/t23-,24-/m1/s1. The highest BCUT2D eigenvalue weighted by molar-refractivity contribution is 5.78. The van der Waals surface area contributed by atoms with Gasteiger partial charge in [-0.3, -0.25) is 9.59 Å². The first-order valence-electron chi connectivity index (χ1n) is 12.9. The van der Waals surface area contributed by atoms with Gasteiger partial charge in [0.25, 0.3) is 0 Å². The van der Waals surface area contributed by atoms with Crippen molar-refractivity contribution in [1.82, 2.24) is 0 Å². The van der Waals surface area contributed by atoms with Gasteiger partial charge in [-0.05, 0) is 95.3 Å². The van der Waals surface area contributed by atoms with Gasteiger partial charge in [-0.1, -0.05) is 35.9 Å². The van der Waals surface area contributed by atoms with Gasteiger partial charge in [0, 0.05) is 6.42 Å². The zero-order valence-electron chi connectivity index (χ0n) is 23.6. The van der Waals surface area contributed by atoms with Crippen molar-refractivity contribution >= 4 is 18.0 Å². The molecule has 2 atom stereocenters. The Balaban J connectivity index is 1.73. The van der Waals surface area contributed by atoms with Gasteiger partial charge in [0.15, 0.2) is 5.79 Å². The summed E-state index contributed by atoms with van der Waals surface area (Å²) in [5, 5.41) is 0. The van der Waals surface area contributed by atoms with Crippen molar-refractivity contribution in [2.45, 2.75) is 86.2 Å². The van der Waals surface area contributed by atoms with E-state index >= 15 is 0 Å². The molecule has 2 aromatic carbocycles. The first kappa shape index (κ1) is 29.5. The number of hydrogen-bond acceptors (Lipinski definition) is 6. The number of hydrogen-bond donors (Lipinski definition) is 0. The number of carbonyl (C=O) groups excluding carboxylic acids is 2. The van der Waals surface area contributed by atoms with E-state index in [1.807, 2.05) is 32.1 Å². The molecule has 0 saturated carbocycles. The van der Waals surface area contributed by atoms with E-state index in [4.69, 9.17) is 18.9 Å². The summed E-state index contributed by atoms with van der Waals surface area (Å²) in [6.45, 7) is 14.2. The molecule has 38 heavy (non-hydrogen) atoms. The lowest BCUT2D eigenvalue weighted by Crippen LogP contribution is -2.44. The molecule has 6 nitrogen and oxygen atoms in total. The van der Waals surface area contributed by atoms with Crippen LogP contribution in [0.3, 0.4) is 0 Å². The van der Waals surface area contributed by atoms with Gasteiger partial charge < -0.3 is 18.9 Å². The summed E-state index contributed by atoms with van der Waals surface area (Å²) in [5.74, 6) is -2.10.